The van der Waals surface area contributed by atoms with Crippen molar-refractivity contribution in [2.75, 3.05) is 0 Å². The quantitative estimate of drug-likeness (QED) is 0.469. The standard InChI is InChI=1S/C9H18IN/c1-4-8-6-9(8,5-2)11-7(3)10/h7-8,11H,4-6H2,1-3H3. The van der Waals surface area contributed by atoms with Gasteiger partial charge in [0.2, 0.25) is 0 Å². The molecule has 1 aliphatic rings. The van der Waals surface area contributed by atoms with E-state index in [9.17, 15) is 0 Å². The van der Waals surface area contributed by atoms with Crippen molar-refractivity contribution < 1.29 is 0 Å². The molecule has 1 rings (SSSR count). The van der Waals surface area contributed by atoms with Gasteiger partial charge in [0.25, 0.3) is 0 Å². The number of nitrogens with one attached hydrogen (secondary N) is 1. The Hall–Kier alpha value is 0.690. The highest BCUT2D eigenvalue weighted by atomic mass is 127. The summed E-state index contributed by atoms with van der Waals surface area (Å²) in [5.41, 5.74) is 0.523. The molecule has 0 aromatic carbocycles. The predicted molar refractivity (Wildman–Crippen MR) is 58.0 cm³/mol. The van der Waals surface area contributed by atoms with E-state index >= 15 is 0 Å². The first-order chi connectivity index (χ1) is 5.14. The maximum Gasteiger partial charge on any atom is 0.0569 e. The van der Waals surface area contributed by atoms with Crippen molar-refractivity contribution in [3.05, 3.63) is 0 Å². The van der Waals surface area contributed by atoms with E-state index in [1.54, 1.807) is 0 Å². The molecular formula is C9H18IN. The molecule has 1 N–H and O–H groups in total. The lowest BCUT2D eigenvalue weighted by Gasteiger charge is -2.19. The molecule has 0 bridgehead atoms. The molecule has 3 atom stereocenters. The number of rotatable bonds is 4. The van der Waals surface area contributed by atoms with Crippen molar-refractivity contribution in [3.63, 3.8) is 0 Å². The first-order valence-corrected chi connectivity index (χ1v) is 5.81. The Balaban J connectivity index is 2.39. The molecule has 11 heavy (non-hydrogen) atoms. The molecular weight excluding hydrogens is 249 g/mol. The molecule has 0 aliphatic heterocycles. The number of hydrogen-bond acceptors (Lipinski definition) is 1. The van der Waals surface area contributed by atoms with Gasteiger partial charge in [-0.2, -0.15) is 0 Å². The van der Waals surface area contributed by atoms with E-state index in [-0.39, 0.29) is 0 Å². The zero-order valence-electron chi connectivity index (χ0n) is 7.65. The van der Waals surface area contributed by atoms with Crippen LogP contribution in [-0.2, 0) is 0 Å². The van der Waals surface area contributed by atoms with E-state index in [0.717, 1.165) is 5.92 Å². The van der Waals surface area contributed by atoms with Gasteiger partial charge in [-0.3, -0.25) is 5.32 Å². The number of alkyl halides is 1. The topological polar surface area (TPSA) is 12.0 Å². The SMILES string of the molecule is CCC1CC1(CC)NC(C)I. The Morgan fingerprint density at radius 1 is 1.64 bits per heavy atom. The highest BCUT2D eigenvalue weighted by Crippen LogP contribution is 2.48. The molecule has 1 nitrogen and oxygen atoms in total. The van der Waals surface area contributed by atoms with Crippen LogP contribution in [0.2, 0.25) is 0 Å². The summed E-state index contributed by atoms with van der Waals surface area (Å²) in [5.74, 6) is 0.949. The van der Waals surface area contributed by atoms with Crippen molar-refractivity contribution in [2.24, 2.45) is 5.92 Å². The van der Waals surface area contributed by atoms with Gasteiger partial charge < -0.3 is 0 Å². The van der Waals surface area contributed by atoms with E-state index < -0.39 is 0 Å². The molecule has 0 aromatic heterocycles. The van der Waals surface area contributed by atoms with Crippen molar-refractivity contribution in [2.45, 2.75) is 49.6 Å². The zero-order chi connectivity index (χ0) is 8.48. The number of halogens is 1. The second-order valence-corrected chi connectivity index (χ2v) is 5.45. The van der Waals surface area contributed by atoms with Crippen LogP contribution < -0.4 is 5.32 Å². The Morgan fingerprint density at radius 2 is 2.27 bits per heavy atom. The van der Waals surface area contributed by atoms with Gasteiger partial charge in [-0.05, 0) is 25.7 Å². The van der Waals surface area contributed by atoms with Crippen LogP contribution in [0.5, 0.6) is 0 Å². The molecule has 0 aromatic rings. The van der Waals surface area contributed by atoms with Crippen LogP contribution in [-0.4, -0.2) is 9.59 Å². The lowest BCUT2D eigenvalue weighted by molar-refractivity contribution is 0.442. The van der Waals surface area contributed by atoms with E-state index in [2.05, 4.69) is 48.7 Å². The van der Waals surface area contributed by atoms with E-state index in [4.69, 9.17) is 0 Å². The van der Waals surface area contributed by atoms with Gasteiger partial charge in [-0.25, -0.2) is 0 Å². The van der Waals surface area contributed by atoms with Crippen molar-refractivity contribution >= 4 is 22.6 Å². The van der Waals surface area contributed by atoms with Crippen molar-refractivity contribution in [1.82, 2.24) is 5.32 Å². The van der Waals surface area contributed by atoms with Crippen molar-refractivity contribution in [3.8, 4) is 0 Å². The maximum absolute atomic E-state index is 3.67. The first kappa shape index (κ1) is 9.78. The van der Waals surface area contributed by atoms with Crippen LogP contribution in [0.25, 0.3) is 0 Å². The van der Waals surface area contributed by atoms with Crippen molar-refractivity contribution in [1.29, 1.82) is 0 Å². The molecule has 0 heterocycles. The van der Waals surface area contributed by atoms with Crippen LogP contribution in [0.4, 0.5) is 0 Å². The van der Waals surface area contributed by atoms with Gasteiger partial charge >= 0.3 is 0 Å². The molecule has 0 radical (unpaired) electrons. The second kappa shape index (κ2) is 3.60. The third kappa shape index (κ3) is 2.08. The number of hydrogen-bond donors (Lipinski definition) is 1. The molecule has 3 unspecified atom stereocenters. The first-order valence-electron chi connectivity index (χ1n) is 4.56. The summed E-state index contributed by atoms with van der Waals surface area (Å²) in [6.07, 6.45) is 4.02. The van der Waals surface area contributed by atoms with Gasteiger partial charge in [0.15, 0.2) is 0 Å². The summed E-state index contributed by atoms with van der Waals surface area (Å²) in [6.45, 7) is 6.81. The third-order valence-electron chi connectivity index (χ3n) is 2.84. The molecule has 1 fully saturated rings. The van der Waals surface area contributed by atoms with Gasteiger partial charge in [0.05, 0.1) is 4.05 Å². The minimum absolute atomic E-state index is 0.523. The largest absolute Gasteiger partial charge is 0.300 e. The Kier molecular flexibility index (Phi) is 3.20. The summed E-state index contributed by atoms with van der Waals surface area (Å²) < 4.78 is 0.615. The zero-order valence-corrected chi connectivity index (χ0v) is 9.81. The van der Waals surface area contributed by atoms with E-state index in [1.165, 1.54) is 19.3 Å². The lowest BCUT2D eigenvalue weighted by atomic mass is 10.1. The Bertz CT molecular complexity index is 136. The average Bonchev–Trinajstić information content (AvgIpc) is 2.62. The molecule has 0 saturated heterocycles. The normalized spacial score (nSPS) is 38.7. The highest BCUT2D eigenvalue weighted by molar-refractivity contribution is 14.1. The summed E-state index contributed by atoms with van der Waals surface area (Å²) in [4.78, 5) is 0. The lowest BCUT2D eigenvalue weighted by Crippen LogP contribution is -2.36. The van der Waals surface area contributed by atoms with Gasteiger partial charge in [0, 0.05) is 5.54 Å². The van der Waals surface area contributed by atoms with Crippen LogP contribution in [0, 0.1) is 5.92 Å². The minimum atomic E-state index is 0.523. The maximum atomic E-state index is 3.67. The van der Waals surface area contributed by atoms with Gasteiger partial charge in [-0.15, -0.1) is 0 Å². The van der Waals surface area contributed by atoms with E-state index in [0.29, 0.717) is 9.59 Å². The average molecular weight is 267 g/mol. The van der Waals surface area contributed by atoms with Gasteiger partial charge in [0.1, 0.15) is 0 Å². The fraction of sp³-hybridized carbons (Fsp3) is 1.00. The van der Waals surface area contributed by atoms with Crippen LogP contribution in [0.1, 0.15) is 40.0 Å². The fourth-order valence-electron chi connectivity index (χ4n) is 2.02. The predicted octanol–water partition coefficient (Wildman–Crippen LogP) is 2.94. The van der Waals surface area contributed by atoms with Crippen LogP contribution in [0.3, 0.4) is 0 Å². The molecule has 0 amide bonds. The molecule has 1 aliphatic carbocycles. The van der Waals surface area contributed by atoms with Crippen LogP contribution in [0.15, 0.2) is 0 Å². The Morgan fingerprint density at radius 3 is 2.55 bits per heavy atom. The fourth-order valence-corrected chi connectivity index (χ4v) is 2.64. The summed E-state index contributed by atoms with van der Waals surface area (Å²) in [7, 11) is 0. The van der Waals surface area contributed by atoms with E-state index in [1.807, 2.05) is 0 Å². The molecule has 0 spiro atoms. The highest BCUT2D eigenvalue weighted by Gasteiger charge is 2.51. The summed E-state index contributed by atoms with van der Waals surface area (Å²) >= 11 is 2.45. The molecule has 1 saturated carbocycles. The smallest absolute Gasteiger partial charge is 0.0569 e. The molecule has 2 heteroatoms. The minimum Gasteiger partial charge on any atom is -0.300 e. The second-order valence-electron chi connectivity index (χ2n) is 3.58. The summed E-state index contributed by atoms with van der Waals surface area (Å²) in [6, 6.07) is 0. The Labute approximate surface area is 83.5 Å². The third-order valence-corrected chi connectivity index (χ3v) is 3.15. The summed E-state index contributed by atoms with van der Waals surface area (Å²) in [5, 5.41) is 3.67. The molecule has 66 valence electrons. The van der Waals surface area contributed by atoms with Crippen LogP contribution >= 0.6 is 22.6 Å². The van der Waals surface area contributed by atoms with Gasteiger partial charge in [-0.1, -0.05) is 42.9 Å². The monoisotopic (exact) mass is 267 g/mol.